The molecule has 0 bridgehead atoms. The number of thioether (sulfide) groups is 1. The van der Waals surface area contributed by atoms with Gasteiger partial charge in [-0.05, 0) is 10.4 Å². The Balaban J connectivity index is 2.31. The van der Waals surface area contributed by atoms with Gasteiger partial charge in [-0.15, -0.1) is 5.10 Å². The zero-order chi connectivity index (χ0) is 13.2. The number of ether oxygens (including phenoxy) is 1. The third-order valence-corrected chi connectivity index (χ3v) is 3.72. The van der Waals surface area contributed by atoms with E-state index in [0.717, 1.165) is 18.2 Å². The minimum Gasteiger partial charge on any atom is -0.383 e. The summed E-state index contributed by atoms with van der Waals surface area (Å²) in [5, 5.41) is 16.0. The van der Waals surface area contributed by atoms with Crippen LogP contribution in [0.5, 0.6) is 0 Å². The van der Waals surface area contributed by atoms with Gasteiger partial charge in [0.1, 0.15) is 0 Å². The minimum absolute atomic E-state index is 0.558. The number of halogens is 2. The summed E-state index contributed by atoms with van der Waals surface area (Å²) in [5.41, 5.74) is 1.34. The Hall–Kier alpha value is -0.340. The van der Waals surface area contributed by atoms with Crippen molar-refractivity contribution in [3.8, 4) is 0 Å². The number of nitrogens with one attached hydrogen (secondary N) is 1. The van der Waals surface area contributed by atoms with E-state index in [4.69, 9.17) is 27.9 Å². The Kier molecular flexibility index (Phi) is 8.36. The molecule has 0 saturated heterocycles. The van der Waals surface area contributed by atoms with Crippen molar-refractivity contribution in [1.82, 2.24) is 25.5 Å². The van der Waals surface area contributed by atoms with Crippen LogP contribution in [-0.4, -0.2) is 52.8 Å². The molecule has 0 spiro atoms. The zero-order valence-corrected chi connectivity index (χ0v) is 12.3. The lowest BCUT2D eigenvalue weighted by Gasteiger charge is -2.05. The summed E-state index contributed by atoms with van der Waals surface area (Å²) in [4.78, 5) is 0. The van der Waals surface area contributed by atoms with E-state index in [-0.39, 0.29) is 0 Å². The molecule has 9 heteroatoms. The predicted octanol–water partition coefficient (Wildman–Crippen LogP) is 1.32. The van der Waals surface area contributed by atoms with Crippen LogP contribution in [0, 0.1) is 0 Å². The van der Waals surface area contributed by atoms with Crippen LogP contribution in [-0.2, 0) is 11.3 Å². The summed E-state index contributed by atoms with van der Waals surface area (Å²) in [6, 6.07) is 0. The first-order valence-electron chi connectivity index (χ1n) is 5.31. The fourth-order valence-electron chi connectivity index (χ4n) is 1.09. The highest BCUT2D eigenvalue weighted by molar-refractivity contribution is 7.99. The zero-order valence-electron chi connectivity index (χ0n) is 9.97. The van der Waals surface area contributed by atoms with Crippen molar-refractivity contribution in [3.05, 3.63) is 10.6 Å². The van der Waals surface area contributed by atoms with Crippen molar-refractivity contribution in [2.24, 2.45) is 0 Å². The Labute approximate surface area is 120 Å². The van der Waals surface area contributed by atoms with Gasteiger partial charge in [-0.3, -0.25) is 0 Å². The molecular formula is C9H15Cl2N5OS. The topological polar surface area (TPSA) is 64.9 Å². The van der Waals surface area contributed by atoms with E-state index in [9.17, 15) is 0 Å². The molecular weight excluding hydrogens is 297 g/mol. The molecule has 0 atom stereocenters. The second-order valence-corrected chi connectivity index (χ2v) is 4.92. The van der Waals surface area contributed by atoms with Gasteiger partial charge < -0.3 is 10.1 Å². The molecule has 1 heterocycles. The Morgan fingerprint density at radius 3 is 3.11 bits per heavy atom. The molecule has 6 nitrogen and oxygen atoms in total. The maximum atomic E-state index is 5.80. The van der Waals surface area contributed by atoms with Crippen LogP contribution in [0.15, 0.2) is 15.7 Å². The molecule has 0 aliphatic rings. The van der Waals surface area contributed by atoms with Crippen LogP contribution < -0.4 is 5.32 Å². The molecule has 0 aliphatic heterocycles. The molecule has 0 fully saturated rings. The molecule has 1 N–H and O–H groups in total. The second-order valence-electron chi connectivity index (χ2n) is 3.27. The summed E-state index contributed by atoms with van der Waals surface area (Å²) in [5.74, 6) is 0.558. The van der Waals surface area contributed by atoms with Gasteiger partial charge in [0.15, 0.2) is 0 Å². The normalized spacial score (nSPS) is 12.1. The van der Waals surface area contributed by atoms with Crippen molar-refractivity contribution >= 4 is 35.0 Å². The monoisotopic (exact) mass is 311 g/mol. The smallest absolute Gasteiger partial charge is 0.209 e. The van der Waals surface area contributed by atoms with Gasteiger partial charge >= 0.3 is 0 Å². The van der Waals surface area contributed by atoms with E-state index in [1.807, 2.05) is 0 Å². The highest BCUT2D eigenvalue weighted by atomic mass is 35.5. The van der Waals surface area contributed by atoms with Gasteiger partial charge in [-0.1, -0.05) is 35.0 Å². The minimum atomic E-state index is 0.558. The highest BCUT2D eigenvalue weighted by Crippen LogP contribution is 2.19. The summed E-state index contributed by atoms with van der Waals surface area (Å²) in [7, 11) is 1.67. The van der Waals surface area contributed by atoms with Gasteiger partial charge in [0, 0.05) is 36.5 Å². The van der Waals surface area contributed by atoms with Gasteiger partial charge in [0.25, 0.3) is 0 Å². The van der Waals surface area contributed by atoms with Crippen LogP contribution in [0.4, 0.5) is 0 Å². The summed E-state index contributed by atoms with van der Waals surface area (Å²) >= 11 is 12.7. The van der Waals surface area contributed by atoms with Crippen molar-refractivity contribution in [1.29, 1.82) is 0 Å². The number of hydrogen-bond donors (Lipinski definition) is 1. The Morgan fingerprint density at radius 1 is 1.56 bits per heavy atom. The predicted molar refractivity (Wildman–Crippen MR) is 73.1 cm³/mol. The number of rotatable bonds is 9. The van der Waals surface area contributed by atoms with Crippen molar-refractivity contribution in [2.45, 2.75) is 11.7 Å². The lowest BCUT2D eigenvalue weighted by molar-refractivity contribution is 0.199. The molecule has 0 saturated carbocycles. The number of nitrogens with zero attached hydrogens (tertiary/aromatic N) is 4. The summed E-state index contributed by atoms with van der Waals surface area (Å²) in [6.07, 6.45) is 0. The first-order chi connectivity index (χ1) is 8.77. The molecule has 18 heavy (non-hydrogen) atoms. The summed E-state index contributed by atoms with van der Waals surface area (Å²) < 4.78 is 6.66. The van der Waals surface area contributed by atoms with Crippen LogP contribution in [0.25, 0.3) is 0 Å². The number of aromatic nitrogens is 4. The number of methoxy groups -OCH3 is 1. The molecule has 1 aromatic rings. The average Bonchev–Trinajstić information content (AvgIpc) is 2.83. The molecule has 0 aromatic carbocycles. The molecule has 1 rings (SSSR count). The third kappa shape index (κ3) is 6.01. The lowest BCUT2D eigenvalue weighted by atomic mass is 10.6. The maximum absolute atomic E-state index is 5.80. The van der Waals surface area contributed by atoms with Crippen LogP contribution in [0.1, 0.15) is 0 Å². The quantitative estimate of drug-likeness (QED) is 0.548. The fourth-order valence-corrected chi connectivity index (χ4v) is 2.14. The summed E-state index contributed by atoms with van der Waals surface area (Å²) in [6.45, 7) is 2.97. The number of hydrogen-bond acceptors (Lipinski definition) is 6. The molecule has 1 aromatic heterocycles. The SMILES string of the molecule is COCCNCCn1nnnc1SCC(Cl)=CCl. The van der Waals surface area contributed by atoms with Gasteiger partial charge in [0.05, 0.1) is 13.2 Å². The lowest BCUT2D eigenvalue weighted by Crippen LogP contribution is -2.24. The van der Waals surface area contributed by atoms with Crippen molar-refractivity contribution < 1.29 is 4.74 Å². The molecule has 0 amide bonds. The van der Waals surface area contributed by atoms with E-state index in [1.165, 1.54) is 17.3 Å². The fraction of sp³-hybridized carbons (Fsp3) is 0.667. The molecule has 0 aliphatic carbocycles. The van der Waals surface area contributed by atoms with E-state index >= 15 is 0 Å². The first-order valence-corrected chi connectivity index (χ1v) is 7.11. The van der Waals surface area contributed by atoms with E-state index < -0.39 is 0 Å². The third-order valence-electron chi connectivity index (χ3n) is 1.94. The van der Waals surface area contributed by atoms with Gasteiger partial charge in [-0.2, -0.15) is 0 Å². The maximum Gasteiger partial charge on any atom is 0.209 e. The van der Waals surface area contributed by atoms with Crippen molar-refractivity contribution in [2.75, 3.05) is 32.6 Å². The largest absolute Gasteiger partial charge is 0.383 e. The van der Waals surface area contributed by atoms with Crippen LogP contribution in [0.2, 0.25) is 0 Å². The highest BCUT2D eigenvalue weighted by Gasteiger charge is 2.06. The standard InChI is InChI=1S/C9H15Cl2N5OS/c1-17-5-3-12-2-4-16-9(13-14-15-16)18-7-8(11)6-10/h6,12H,2-5,7H2,1H3. The Morgan fingerprint density at radius 2 is 2.39 bits per heavy atom. The van der Waals surface area contributed by atoms with Gasteiger partial charge in [-0.25, -0.2) is 4.68 Å². The molecule has 102 valence electrons. The van der Waals surface area contributed by atoms with E-state index in [1.54, 1.807) is 11.8 Å². The average molecular weight is 312 g/mol. The number of tetrazole rings is 1. The Bertz CT molecular complexity index is 374. The van der Waals surface area contributed by atoms with Gasteiger partial charge in [0.2, 0.25) is 5.16 Å². The van der Waals surface area contributed by atoms with E-state index in [2.05, 4.69) is 20.8 Å². The van der Waals surface area contributed by atoms with E-state index in [0.29, 0.717) is 23.9 Å². The first kappa shape index (κ1) is 15.7. The van der Waals surface area contributed by atoms with Crippen LogP contribution >= 0.6 is 35.0 Å². The second kappa shape index (κ2) is 9.57. The molecule has 0 radical (unpaired) electrons. The van der Waals surface area contributed by atoms with Crippen LogP contribution in [0.3, 0.4) is 0 Å². The van der Waals surface area contributed by atoms with Crippen molar-refractivity contribution in [3.63, 3.8) is 0 Å². The molecule has 0 unspecified atom stereocenters.